The number of methoxy groups -OCH3 is 1. The summed E-state index contributed by atoms with van der Waals surface area (Å²) in [6.07, 6.45) is 5.76. The normalized spacial score (nSPS) is 18.8. The summed E-state index contributed by atoms with van der Waals surface area (Å²) in [5, 5.41) is 22.7. The van der Waals surface area contributed by atoms with Gasteiger partial charge < -0.3 is 24.6 Å². The molecule has 2 saturated heterocycles. The molecule has 4 heterocycles. The summed E-state index contributed by atoms with van der Waals surface area (Å²) < 4.78 is 19.9. The van der Waals surface area contributed by atoms with Gasteiger partial charge in [-0.2, -0.15) is 0 Å². The quantitative estimate of drug-likeness (QED) is 0.481. The first kappa shape index (κ1) is 24.6. The number of H-pyrrole nitrogens is 1. The lowest BCUT2D eigenvalue weighted by Gasteiger charge is -2.44. The zero-order valence-corrected chi connectivity index (χ0v) is 21.4. The van der Waals surface area contributed by atoms with Gasteiger partial charge in [-0.3, -0.25) is 20.0 Å². The minimum Gasteiger partial charge on any atom is -0.506 e. The van der Waals surface area contributed by atoms with Crippen LogP contribution in [-0.2, 0) is 0 Å². The summed E-state index contributed by atoms with van der Waals surface area (Å²) in [4.78, 5) is 21.5. The largest absolute Gasteiger partial charge is 0.506 e. The fourth-order valence-electron chi connectivity index (χ4n) is 6.11. The summed E-state index contributed by atoms with van der Waals surface area (Å²) >= 11 is 0. The van der Waals surface area contributed by atoms with Crippen LogP contribution < -0.4 is 25.2 Å². The highest BCUT2D eigenvalue weighted by Gasteiger charge is 2.31. The van der Waals surface area contributed by atoms with Gasteiger partial charge in [0, 0.05) is 74.5 Å². The van der Waals surface area contributed by atoms with Gasteiger partial charge >= 0.3 is 0 Å². The molecule has 0 bridgehead atoms. The van der Waals surface area contributed by atoms with Crippen LogP contribution in [0.5, 0.6) is 11.5 Å². The van der Waals surface area contributed by atoms with Crippen LogP contribution in [0.4, 0.5) is 21.5 Å². The van der Waals surface area contributed by atoms with Gasteiger partial charge in [0.2, 0.25) is 5.56 Å². The molecule has 9 nitrogen and oxygen atoms in total. The minimum absolute atomic E-state index is 0.154. The lowest BCUT2D eigenvalue weighted by molar-refractivity contribution is 0.159. The van der Waals surface area contributed by atoms with E-state index in [4.69, 9.17) is 4.74 Å². The highest BCUT2D eigenvalue weighted by Crippen LogP contribution is 2.40. The van der Waals surface area contributed by atoms with E-state index in [1.807, 2.05) is 29.2 Å². The number of aromatic nitrogens is 1. The van der Waals surface area contributed by atoms with E-state index in [1.54, 1.807) is 7.11 Å². The second kappa shape index (κ2) is 9.85. The van der Waals surface area contributed by atoms with Crippen LogP contribution in [-0.4, -0.2) is 79.2 Å². The number of pyridine rings is 1. The summed E-state index contributed by atoms with van der Waals surface area (Å²) in [6.45, 7) is 5.32. The van der Waals surface area contributed by atoms with E-state index in [1.165, 1.54) is 17.2 Å². The lowest BCUT2D eigenvalue weighted by Crippen LogP contribution is -2.53. The number of phenolic OH excluding ortho intramolecular Hbond substituents is 1. The number of hydrogen-bond donors (Lipinski definition) is 3. The monoisotopic (exact) mass is 521 g/mol. The Balaban J connectivity index is 1.14. The summed E-state index contributed by atoms with van der Waals surface area (Å²) in [6, 6.07) is 8.23. The predicted octanol–water partition coefficient (Wildman–Crippen LogP) is 3.39. The van der Waals surface area contributed by atoms with Crippen molar-refractivity contribution in [2.24, 2.45) is 0 Å². The number of aromatic hydroxyl groups is 1. The Labute approximate surface area is 219 Å². The van der Waals surface area contributed by atoms with Crippen molar-refractivity contribution >= 4 is 34.0 Å². The lowest BCUT2D eigenvalue weighted by atomic mass is 10.00. The number of nitrogens with one attached hydrogen (secondary N) is 1. The van der Waals surface area contributed by atoms with Crippen molar-refractivity contribution in [1.29, 1.82) is 0 Å². The van der Waals surface area contributed by atoms with Crippen LogP contribution in [0.3, 0.4) is 0 Å². The molecule has 0 aliphatic carbocycles. The Morgan fingerprint density at radius 3 is 2.50 bits per heavy atom. The third-order valence-corrected chi connectivity index (χ3v) is 8.03. The number of anilines is 3. The van der Waals surface area contributed by atoms with Gasteiger partial charge in [-0.15, -0.1) is 0 Å². The Morgan fingerprint density at radius 2 is 1.76 bits per heavy atom. The maximum absolute atomic E-state index is 14.4. The van der Waals surface area contributed by atoms with Crippen LogP contribution in [0.25, 0.3) is 17.0 Å². The van der Waals surface area contributed by atoms with Crippen molar-refractivity contribution in [1.82, 2.24) is 9.88 Å². The zero-order chi connectivity index (χ0) is 26.4. The van der Waals surface area contributed by atoms with Gasteiger partial charge in [-0.25, -0.2) is 4.39 Å². The molecule has 10 heteroatoms. The van der Waals surface area contributed by atoms with Gasteiger partial charge in [0.1, 0.15) is 23.0 Å². The first-order valence-corrected chi connectivity index (χ1v) is 13.1. The average Bonchev–Trinajstić information content (AvgIpc) is 2.93. The first-order chi connectivity index (χ1) is 18.4. The predicted molar refractivity (Wildman–Crippen MR) is 146 cm³/mol. The van der Waals surface area contributed by atoms with E-state index in [2.05, 4.69) is 14.8 Å². The molecule has 3 aromatic rings. The molecule has 0 saturated carbocycles. The number of rotatable bonds is 4. The van der Waals surface area contributed by atoms with Crippen molar-refractivity contribution in [2.45, 2.75) is 18.9 Å². The van der Waals surface area contributed by atoms with Crippen molar-refractivity contribution in [3.8, 4) is 11.5 Å². The molecule has 2 fully saturated rings. The highest BCUT2D eigenvalue weighted by atomic mass is 19.1. The van der Waals surface area contributed by atoms with Crippen LogP contribution in [0.1, 0.15) is 18.4 Å². The Bertz CT molecular complexity index is 1440. The molecule has 200 valence electrons. The summed E-state index contributed by atoms with van der Waals surface area (Å²) in [5.41, 5.74) is 3.26. The molecule has 3 aliphatic rings. The number of hydrogen-bond acceptors (Lipinski definition) is 8. The second-order valence-electron chi connectivity index (χ2n) is 10.1. The van der Waals surface area contributed by atoms with E-state index in [9.17, 15) is 19.5 Å². The molecule has 3 N–H and O–H groups in total. The SMILES string of the molecule is COc1cc2c(c(N3CCN(C4CCN(c5c(O)cc(F)c6ccc(=O)[nH]c56)CC4)CC3)c1)N(O)CC=C2. The molecule has 2 aromatic carbocycles. The number of fused-ring (bicyclic) bond motifs is 2. The Kier molecular flexibility index (Phi) is 6.37. The van der Waals surface area contributed by atoms with Gasteiger partial charge in [-0.1, -0.05) is 12.2 Å². The zero-order valence-electron chi connectivity index (χ0n) is 21.4. The molecule has 0 radical (unpaired) electrons. The van der Waals surface area contributed by atoms with E-state index < -0.39 is 5.82 Å². The topological polar surface area (TPSA) is 95.5 Å². The number of piperidine rings is 1. The molecule has 6 rings (SSSR count). The summed E-state index contributed by atoms with van der Waals surface area (Å²) in [7, 11) is 1.66. The molecule has 0 amide bonds. The number of ether oxygens (including phenoxy) is 1. The number of nitrogens with zero attached hydrogens (tertiary/aromatic N) is 4. The molecule has 3 aliphatic heterocycles. The number of phenols is 1. The maximum Gasteiger partial charge on any atom is 0.248 e. The molecular formula is C28H32FN5O4. The third-order valence-electron chi connectivity index (χ3n) is 8.03. The van der Waals surface area contributed by atoms with Crippen LogP contribution >= 0.6 is 0 Å². The van der Waals surface area contributed by atoms with Crippen molar-refractivity contribution in [3.05, 3.63) is 58.1 Å². The summed E-state index contributed by atoms with van der Waals surface area (Å²) in [5.74, 6) is 0.0626. The number of hydroxylamine groups is 1. The van der Waals surface area contributed by atoms with Gasteiger partial charge in [0.25, 0.3) is 0 Å². The van der Waals surface area contributed by atoms with Gasteiger partial charge in [0.05, 0.1) is 30.5 Å². The average molecular weight is 522 g/mol. The van der Waals surface area contributed by atoms with Crippen LogP contribution in [0.15, 0.2) is 41.2 Å². The van der Waals surface area contributed by atoms with Crippen LogP contribution in [0.2, 0.25) is 0 Å². The maximum atomic E-state index is 14.4. The van der Waals surface area contributed by atoms with E-state index in [-0.39, 0.29) is 11.3 Å². The molecule has 0 unspecified atom stereocenters. The van der Waals surface area contributed by atoms with Gasteiger partial charge in [-0.05, 0) is 25.0 Å². The molecule has 38 heavy (non-hydrogen) atoms. The molecule has 1 aromatic heterocycles. The standard InChI is InChI=1S/C28H32FN5O4/c1-38-20-15-18-3-2-8-34(37)27(18)23(16-20)32-13-11-31(12-14-32)19-6-9-33(10-7-19)28-24(35)17-22(29)21-4-5-25(36)30-26(21)28/h2-5,15-17,19,35,37H,6-14H2,1H3,(H,30,36). The minimum atomic E-state index is -0.553. The van der Waals surface area contributed by atoms with E-state index >= 15 is 0 Å². The van der Waals surface area contributed by atoms with Crippen molar-refractivity contribution in [2.75, 3.05) is 67.8 Å². The Hall–Kier alpha value is -3.76. The number of piperazine rings is 1. The number of halogens is 1. The molecule has 0 spiro atoms. The first-order valence-electron chi connectivity index (χ1n) is 13.1. The highest BCUT2D eigenvalue weighted by molar-refractivity contribution is 5.94. The Morgan fingerprint density at radius 1 is 1.00 bits per heavy atom. The smallest absolute Gasteiger partial charge is 0.248 e. The number of benzene rings is 2. The molecular weight excluding hydrogens is 489 g/mol. The second-order valence-corrected chi connectivity index (χ2v) is 10.1. The van der Waals surface area contributed by atoms with Crippen molar-refractivity contribution in [3.63, 3.8) is 0 Å². The third kappa shape index (κ3) is 4.33. The van der Waals surface area contributed by atoms with Crippen LogP contribution in [0, 0.1) is 5.82 Å². The van der Waals surface area contributed by atoms with Crippen molar-refractivity contribution < 1.29 is 19.4 Å². The van der Waals surface area contributed by atoms with E-state index in [0.29, 0.717) is 42.3 Å². The fourth-order valence-corrected chi connectivity index (χ4v) is 6.11. The van der Waals surface area contributed by atoms with E-state index in [0.717, 1.165) is 67.8 Å². The van der Waals surface area contributed by atoms with Gasteiger partial charge in [0.15, 0.2) is 0 Å². The molecule has 0 atom stereocenters. The number of aromatic amines is 1. The fraction of sp³-hybridized carbons (Fsp3) is 0.393.